The summed E-state index contributed by atoms with van der Waals surface area (Å²) in [5.41, 5.74) is 0. The number of hydrogen-bond acceptors (Lipinski definition) is 1. The summed E-state index contributed by atoms with van der Waals surface area (Å²) < 4.78 is 0. The van der Waals surface area contributed by atoms with Crippen LogP contribution in [0.2, 0.25) is 0 Å². The topological polar surface area (TPSA) is 49.0 Å². The fourth-order valence-corrected chi connectivity index (χ4v) is 0.227. The zero-order valence-corrected chi connectivity index (χ0v) is 4.23. The van der Waals surface area contributed by atoms with E-state index in [1.165, 1.54) is 6.92 Å². The van der Waals surface area contributed by atoms with Crippen molar-refractivity contribution in [1.82, 2.24) is 5.32 Å². The first-order valence-electron chi connectivity index (χ1n) is 2.10. The molecule has 0 aliphatic rings. The zero-order chi connectivity index (χ0) is 5.70. The Bertz CT molecular complexity index is 62.7. The lowest BCUT2D eigenvalue weighted by atomic mass is 10.6. The van der Waals surface area contributed by atoms with Crippen molar-refractivity contribution >= 4 is 5.91 Å². The minimum absolute atomic E-state index is 0.143. The molecule has 41 valence electrons. The molecule has 0 aromatic rings. The smallest absolute Gasteiger partial charge is 0.216 e. The fraction of sp³-hybridized carbons (Fsp3) is 0.750. The Morgan fingerprint density at radius 1 is 1.71 bits per heavy atom. The molecule has 0 aliphatic carbocycles. The summed E-state index contributed by atoms with van der Waals surface area (Å²) in [6.45, 7) is 1.39. The van der Waals surface area contributed by atoms with Gasteiger partial charge in [0.05, 0.1) is 6.61 Å². The van der Waals surface area contributed by atoms with Crippen LogP contribution in [0, 0.1) is 0 Å². The van der Waals surface area contributed by atoms with Crippen molar-refractivity contribution in [3.05, 3.63) is 0 Å². The van der Waals surface area contributed by atoms with E-state index in [9.17, 15) is 9.90 Å². The Balaban J connectivity index is 2.82. The molecule has 0 saturated heterocycles. The van der Waals surface area contributed by atoms with Crippen LogP contribution in [0.15, 0.2) is 0 Å². The van der Waals surface area contributed by atoms with Crippen molar-refractivity contribution in [2.24, 2.45) is 0 Å². The van der Waals surface area contributed by atoms with Crippen molar-refractivity contribution in [1.29, 1.82) is 0 Å². The van der Waals surface area contributed by atoms with E-state index in [-0.39, 0.29) is 19.1 Å². The fourth-order valence-electron chi connectivity index (χ4n) is 0.227. The first-order chi connectivity index (χ1) is 3.27. The molecule has 0 heterocycles. The van der Waals surface area contributed by atoms with Gasteiger partial charge in [-0.2, -0.15) is 0 Å². The van der Waals surface area contributed by atoms with E-state index in [0.29, 0.717) is 0 Å². The second kappa shape index (κ2) is 3.61. The third kappa shape index (κ3) is 5.43. The molecular weight excluding hydrogens is 94.0 g/mol. The van der Waals surface area contributed by atoms with E-state index in [2.05, 4.69) is 5.32 Å². The monoisotopic (exact) mass is 102 g/mol. The van der Waals surface area contributed by atoms with Gasteiger partial charge in [-0.15, -0.1) is 0 Å². The molecule has 0 aliphatic heterocycles. The van der Waals surface area contributed by atoms with Gasteiger partial charge in [0.1, 0.15) is 0 Å². The minimum Gasteiger partial charge on any atom is -0.354 e. The Hall–Kier alpha value is -0.570. The maximum absolute atomic E-state index is 9.95. The molecule has 0 aromatic heterocycles. The second-order valence-corrected chi connectivity index (χ2v) is 1.19. The van der Waals surface area contributed by atoms with Crippen LogP contribution in [0.4, 0.5) is 0 Å². The molecular formula is C4H8NO2. The van der Waals surface area contributed by atoms with Crippen LogP contribution in [0.1, 0.15) is 6.92 Å². The highest BCUT2D eigenvalue weighted by Gasteiger charge is 1.84. The molecule has 0 bridgehead atoms. The molecule has 0 rings (SSSR count). The number of nitrogens with one attached hydrogen (secondary N) is 1. The molecule has 0 aromatic carbocycles. The van der Waals surface area contributed by atoms with Gasteiger partial charge in [-0.1, -0.05) is 0 Å². The predicted octanol–water partition coefficient (Wildman–Crippen LogP) is -0.447. The summed E-state index contributed by atoms with van der Waals surface area (Å²) in [6, 6.07) is 0. The Labute approximate surface area is 42.3 Å². The molecule has 0 saturated carbocycles. The summed E-state index contributed by atoms with van der Waals surface area (Å²) in [6.07, 6.45) is 0. The lowest BCUT2D eigenvalue weighted by molar-refractivity contribution is -0.119. The Morgan fingerprint density at radius 2 is 2.29 bits per heavy atom. The zero-order valence-electron chi connectivity index (χ0n) is 4.23. The van der Waals surface area contributed by atoms with Gasteiger partial charge in [-0.3, -0.25) is 4.79 Å². The van der Waals surface area contributed by atoms with Crippen molar-refractivity contribution < 1.29 is 9.90 Å². The van der Waals surface area contributed by atoms with E-state index in [4.69, 9.17) is 0 Å². The Morgan fingerprint density at radius 3 is 2.43 bits per heavy atom. The van der Waals surface area contributed by atoms with Crippen LogP contribution in [0.5, 0.6) is 0 Å². The maximum Gasteiger partial charge on any atom is 0.216 e. The molecule has 0 unspecified atom stereocenters. The van der Waals surface area contributed by atoms with E-state index < -0.39 is 0 Å². The summed E-state index contributed by atoms with van der Waals surface area (Å²) in [4.78, 5) is 9.95. The van der Waals surface area contributed by atoms with Gasteiger partial charge < -0.3 is 5.32 Å². The normalized spacial score (nSPS) is 8.29. The van der Waals surface area contributed by atoms with Crippen molar-refractivity contribution in [2.75, 3.05) is 13.2 Å². The van der Waals surface area contributed by atoms with Gasteiger partial charge in [0.2, 0.25) is 5.91 Å². The molecule has 7 heavy (non-hydrogen) atoms. The van der Waals surface area contributed by atoms with Crippen LogP contribution in [0.25, 0.3) is 0 Å². The Kier molecular flexibility index (Phi) is 3.32. The molecule has 1 radical (unpaired) electrons. The quantitative estimate of drug-likeness (QED) is 0.504. The van der Waals surface area contributed by atoms with Gasteiger partial charge in [-0.25, -0.2) is 5.11 Å². The molecule has 1 amide bonds. The van der Waals surface area contributed by atoms with Gasteiger partial charge in [0.25, 0.3) is 0 Å². The van der Waals surface area contributed by atoms with E-state index in [1.54, 1.807) is 0 Å². The van der Waals surface area contributed by atoms with Gasteiger partial charge >= 0.3 is 0 Å². The van der Waals surface area contributed by atoms with Crippen molar-refractivity contribution in [3.63, 3.8) is 0 Å². The highest BCUT2D eigenvalue weighted by molar-refractivity contribution is 5.72. The molecule has 0 fully saturated rings. The number of hydrogen-bond donors (Lipinski definition) is 1. The predicted molar refractivity (Wildman–Crippen MR) is 24.2 cm³/mol. The molecule has 0 atom stereocenters. The number of rotatable bonds is 2. The summed E-state index contributed by atoms with van der Waals surface area (Å²) in [7, 11) is 0. The van der Waals surface area contributed by atoms with Crippen LogP contribution in [-0.2, 0) is 9.90 Å². The van der Waals surface area contributed by atoms with Crippen LogP contribution >= 0.6 is 0 Å². The number of carbonyl (C=O) groups excluding carboxylic acids is 1. The highest BCUT2D eigenvalue weighted by atomic mass is 16.3. The molecule has 0 spiro atoms. The summed E-state index contributed by atoms with van der Waals surface area (Å²) >= 11 is 0. The lowest BCUT2D eigenvalue weighted by Crippen LogP contribution is -2.22. The third-order valence-electron chi connectivity index (χ3n) is 0.476. The largest absolute Gasteiger partial charge is 0.354 e. The first-order valence-corrected chi connectivity index (χ1v) is 2.10. The van der Waals surface area contributed by atoms with Crippen LogP contribution < -0.4 is 5.32 Å². The van der Waals surface area contributed by atoms with Crippen molar-refractivity contribution in [3.8, 4) is 0 Å². The average Bonchev–Trinajstić information content (AvgIpc) is 1.61. The summed E-state index contributed by atoms with van der Waals surface area (Å²) in [5.74, 6) is -0.143. The van der Waals surface area contributed by atoms with E-state index in [1.807, 2.05) is 0 Å². The first kappa shape index (κ1) is 6.43. The molecule has 1 N–H and O–H groups in total. The van der Waals surface area contributed by atoms with Gasteiger partial charge in [0, 0.05) is 13.5 Å². The minimum atomic E-state index is -0.237. The number of carbonyl (C=O) groups is 1. The van der Waals surface area contributed by atoms with Crippen molar-refractivity contribution in [2.45, 2.75) is 6.92 Å². The third-order valence-corrected chi connectivity index (χ3v) is 0.476. The summed E-state index contributed by atoms with van der Waals surface area (Å²) in [5, 5.41) is 12.0. The molecule has 3 nitrogen and oxygen atoms in total. The van der Waals surface area contributed by atoms with Crippen LogP contribution in [0.3, 0.4) is 0 Å². The lowest BCUT2D eigenvalue weighted by Gasteiger charge is -1.91. The molecule has 3 heteroatoms. The average molecular weight is 102 g/mol. The highest BCUT2D eigenvalue weighted by Crippen LogP contribution is 1.57. The van der Waals surface area contributed by atoms with Gasteiger partial charge in [-0.05, 0) is 0 Å². The van der Waals surface area contributed by atoms with Crippen LogP contribution in [-0.4, -0.2) is 19.1 Å². The van der Waals surface area contributed by atoms with E-state index in [0.717, 1.165) is 0 Å². The maximum atomic E-state index is 9.95. The SMILES string of the molecule is CC(=O)NCC[O]. The number of amides is 1. The van der Waals surface area contributed by atoms with Gasteiger partial charge in [0.15, 0.2) is 0 Å². The standard InChI is InChI=1S/C4H8NO2/c1-4(7)5-2-3-6/h2-3H2,1H3,(H,5,7). The van der Waals surface area contributed by atoms with E-state index >= 15 is 0 Å². The second-order valence-electron chi connectivity index (χ2n) is 1.19.